The highest BCUT2D eigenvalue weighted by Crippen LogP contribution is 2.37. The van der Waals surface area contributed by atoms with E-state index < -0.39 is 0 Å². The van der Waals surface area contributed by atoms with Gasteiger partial charge >= 0.3 is 0 Å². The SMILES string of the molecule is CCCOc1c(Cl)cc(C=CC(=O)c2cnn(C(C)C)c2)cc1OCC. The van der Waals surface area contributed by atoms with Gasteiger partial charge < -0.3 is 9.47 Å². The average molecular weight is 377 g/mol. The number of ether oxygens (including phenoxy) is 2. The summed E-state index contributed by atoms with van der Waals surface area (Å²) in [5.41, 5.74) is 1.32. The van der Waals surface area contributed by atoms with Gasteiger partial charge in [-0.25, -0.2) is 0 Å². The van der Waals surface area contributed by atoms with E-state index in [0.29, 0.717) is 35.3 Å². The van der Waals surface area contributed by atoms with E-state index >= 15 is 0 Å². The second-order valence-electron chi connectivity index (χ2n) is 6.11. The molecule has 0 N–H and O–H groups in total. The lowest BCUT2D eigenvalue weighted by molar-refractivity contribution is 0.104. The Kier molecular flexibility index (Phi) is 7.27. The molecule has 2 aromatic rings. The monoisotopic (exact) mass is 376 g/mol. The molecule has 0 amide bonds. The fraction of sp³-hybridized carbons (Fsp3) is 0.400. The van der Waals surface area contributed by atoms with E-state index in [0.717, 1.165) is 12.0 Å². The van der Waals surface area contributed by atoms with Gasteiger partial charge in [0.15, 0.2) is 17.3 Å². The fourth-order valence-corrected chi connectivity index (χ4v) is 2.58. The van der Waals surface area contributed by atoms with Gasteiger partial charge in [0.2, 0.25) is 0 Å². The van der Waals surface area contributed by atoms with Crippen molar-refractivity contribution < 1.29 is 14.3 Å². The largest absolute Gasteiger partial charge is 0.490 e. The number of aromatic nitrogens is 2. The number of hydrogen-bond acceptors (Lipinski definition) is 4. The molecule has 0 fully saturated rings. The molecule has 5 nitrogen and oxygen atoms in total. The van der Waals surface area contributed by atoms with Crippen molar-refractivity contribution in [3.63, 3.8) is 0 Å². The fourth-order valence-electron chi connectivity index (χ4n) is 2.31. The van der Waals surface area contributed by atoms with E-state index in [9.17, 15) is 4.79 Å². The number of rotatable bonds is 9. The van der Waals surface area contributed by atoms with Crippen LogP contribution in [0, 0.1) is 0 Å². The molecule has 2 rings (SSSR count). The molecule has 0 aliphatic heterocycles. The predicted octanol–water partition coefficient (Wildman–Crippen LogP) is 5.20. The zero-order chi connectivity index (χ0) is 19.1. The van der Waals surface area contributed by atoms with Gasteiger partial charge in [-0.3, -0.25) is 9.48 Å². The third-order valence-electron chi connectivity index (χ3n) is 3.62. The summed E-state index contributed by atoms with van der Waals surface area (Å²) in [5, 5.41) is 4.65. The van der Waals surface area contributed by atoms with Gasteiger partial charge in [-0.05, 0) is 51.0 Å². The molecule has 0 aliphatic carbocycles. The molecule has 0 aliphatic rings. The zero-order valence-corrected chi connectivity index (χ0v) is 16.4. The minimum absolute atomic E-state index is 0.114. The van der Waals surface area contributed by atoms with E-state index in [1.807, 2.05) is 33.8 Å². The van der Waals surface area contributed by atoms with Crippen molar-refractivity contribution in [1.82, 2.24) is 9.78 Å². The lowest BCUT2D eigenvalue weighted by Gasteiger charge is -2.14. The molecule has 26 heavy (non-hydrogen) atoms. The smallest absolute Gasteiger partial charge is 0.189 e. The molecule has 0 spiro atoms. The first-order valence-corrected chi connectivity index (χ1v) is 9.19. The summed E-state index contributed by atoms with van der Waals surface area (Å²) in [6.07, 6.45) is 7.43. The molecule has 140 valence electrons. The lowest BCUT2D eigenvalue weighted by atomic mass is 10.1. The maximum Gasteiger partial charge on any atom is 0.189 e. The van der Waals surface area contributed by atoms with Crippen LogP contribution in [0.2, 0.25) is 5.02 Å². The van der Waals surface area contributed by atoms with Crippen molar-refractivity contribution >= 4 is 23.5 Å². The molecule has 0 saturated carbocycles. The van der Waals surface area contributed by atoms with E-state index in [1.165, 1.54) is 6.08 Å². The van der Waals surface area contributed by atoms with Crippen LogP contribution in [0.15, 0.2) is 30.6 Å². The van der Waals surface area contributed by atoms with Crippen molar-refractivity contribution in [2.75, 3.05) is 13.2 Å². The minimum Gasteiger partial charge on any atom is -0.490 e. The molecule has 0 radical (unpaired) electrons. The van der Waals surface area contributed by atoms with Crippen LogP contribution < -0.4 is 9.47 Å². The Morgan fingerprint density at radius 1 is 1.31 bits per heavy atom. The summed E-state index contributed by atoms with van der Waals surface area (Å²) in [6, 6.07) is 3.79. The molecule has 0 atom stereocenters. The number of benzene rings is 1. The molecular weight excluding hydrogens is 352 g/mol. The normalized spacial score (nSPS) is 11.3. The third kappa shape index (κ3) is 5.11. The summed E-state index contributed by atoms with van der Waals surface area (Å²) in [6.45, 7) is 9.01. The first kappa shape index (κ1) is 20.0. The van der Waals surface area contributed by atoms with Crippen LogP contribution in [0.5, 0.6) is 11.5 Å². The number of carbonyl (C=O) groups excluding carboxylic acids is 1. The van der Waals surface area contributed by atoms with E-state index in [-0.39, 0.29) is 11.8 Å². The van der Waals surface area contributed by atoms with Crippen LogP contribution in [0.3, 0.4) is 0 Å². The number of allylic oxidation sites excluding steroid dienone is 1. The number of ketones is 1. The second-order valence-corrected chi connectivity index (χ2v) is 6.52. The average Bonchev–Trinajstić information content (AvgIpc) is 3.10. The third-order valence-corrected chi connectivity index (χ3v) is 3.91. The second kappa shape index (κ2) is 9.43. The molecule has 0 bridgehead atoms. The summed E-state index contributed by atoms with van der Waals surface area (Å²) in [7, 11) is 0. The maximum atomic E-state index is 12.3. The Morgan fingerprint density at radius 3 is 2.69 bits per heavy atom. The van der Waals surface area contributed by atoms with Crippen LogP contribution in [0.1, 0.15) is 56.1 Å². The molecule has 1 heterocycles. The van der Waals surface area contributed by atoms with Crippen molar-refractivity contribution in [3.8, 4) is 11.5 Å². The highest BCUT2D eigenvalue weighted by Gasteiger charge is 2.12. The van der Waals surface area contributed by atoms with Crippen molar-refractivity contribution in [1.29, 1.82) is 0 Å². The van der Waals surface area contributed by atoms with Crippen LogP contribution >= 0.6 is 11.6 Å². The standard InChI is InChI=1S/C20H25ClN2O3/c1-5-9-26-20-17(21)10-15(11-19(20)25-6-2)7-8-18(24)16-12-22-23(13-16)14(3)4/h7-8,10-14H,5-6,9H2,1-4H3. The first-order chi connectivity index (χ1) is 12.5. The van der Waals surface area contributed by atoms with Gasteiger partial charge in [0.25, 0.3) is 0 Å². The van der Waals surface area contributed by atoms with E-state index in [2.05, 4.69) is 5.10 Å². The van der Waals surface area contributed by atoms with Crippen molar-refractivity contribution in [2.24, 2.45) is 0 Å². The van der Waals surface area contributed by atoms with E-state index in [4.69, 9.17) is 21.1 Å². The summed E-state index contributed by atoms with van der Waals surface area (Å²) >= 11 is 6.34. The topological polar surface area (TPSA) is 53.3 Å². The van der Waals surface area contributed by atoms with Crippen LogP contribution in [0.4, 0.5) is 0 Å². The maximum absolute atomic E-state index is 12.3. The van der Waals surface area contributed by atoms with Gasteiger partial charge in [-0.15, -0.1) is 0 Å². The number of halogens is 1. The van der Waals surface area contributed by atoms with Crippen LogP contribution in [0.25, 0.3) is 6.08 Å². The number of nitrogens with zero attached hydrogens (tertiary/aromatic N) is 2. The summed E-state index contributed by atoms with van der Waals surface area (Å²) in [5.74, 6) is 1.00. The molecule has 0 unspecified atom stereocenters. The Labute approximate surface area is 159 Å². The van der Waals surface area contributed by atoms with Crippen molar-refractivity contribution in [2.45, 2.75) is 40.2 Å². The molecular formula is C20H25ClN2O3. The number of hydrogen-bond donors (Lipinski definition) is 0. The van der Waals surface area contributed by atoms with Crippen LogP contribution in [-0.2, 0) is 0 Å². The molecule has 6 heteroatoms. The Hall–Kier alpha value is -2.27. The molecule has 1 aromatic heterocycles. The Morgan fingerprint density at radius 2 is 2.08 bits per heavy atom. The van der Waals surface area contributed by atoms with Gasteiger partial charge in [-0.2, -0.15) is 5.10 Å². The highest BCUT2D eigenvalue weighted by molar-refractivity contribution is 6.32. The van der Waals surface area contributed by atoms with Crippen LogP contribution in [-0.4, -0.2) is 28.8 Å². The molecule has 0 saturated heterocycles. The summed E-state index contributed by atoms with van der Waals surface area (Å²) in [4.78, 5) is 12.3. The lowest BCUT2D eigenvalue weighted by Crippen LogP contribution is -2.01. The Bertz CT molecular complexity index is 781. The van der Waals surface area contributed by atoms with Crippen molar-refractivity contribution in [3.05, 3.63) is 46.8 Å². The zero-order valence-electron chi connectivity index (χ0n) is 15.7. The number of carbonyl (C=O) groups is 1. The van der Waals surface area contributed by atoms with Gasteiger partial charge in [-0.1, -0.05) is 24.6 Å². The predicted molar refractivity (Wildman–Crippen MR) is 104 cm³/mol. The van der Waals surface area contributed by atoms with Gasteiger partial charge in [0.05, 0.1) is 30.0 Å². The Balaban J connectivity index is 2.21. The van der Waals surface area contributed by atoms with Gasteiger partial charge in [0, 0.05) is 12.2 Å². The molecule has 1 aromatic carbocycles. The first-order valence-electron chi connectivity index (χ1n) is 8.81. The summed E-state index contributed by atoms with van der Waals surface area (Å²) < 4.78 is 13.1. The van der Waals surface area contributed by atoms with E-state index in [1.54, 1.807) is 29.2 Å². The quantitative estimate of drug-likeness (QED) is 0.445. The minimum atomic E-state index is -0.114. The highest BCUT2D eigenvalue weighted by atomic mass is 35.5. The van der Waals surface area contributed by atoms with Gasteiger partial charge in [0.1, 0.15) is 0 Å².